The number of rotatable bonds is 10. The number of hydrogen-bond acceptors (Lipinski definition) is 2. The molecule has 2 saturated carbocycles. The maximum absolute atomic E-state index is 12.4. The molecule has 4 heteroatoms. The van der Waals surface area contributed by atoms with Crippen molar-refractivity contribution < 1.29 is 18.3 Å². The molecule has 0 bridgehead atoms. The summed E-state index contributed by atoms with van der Waals surface area (Å²) < 4.78 is 37.2. The molecule has 30 heavy (non-hydrogen) atoms. The van der Waals surface area contributed by atoms with E-state index in [1.807, 2.05) is 0 Å². The second-order valence-electron chi connectivity index (χ2n) is 10.2. The summed E-state index contributed by atoms with van der Waals surface area (Å²) in [5.41, 5.74) is 0. The van der Waals surface area contributed by atoms with E-state index in [0.717, 1.165) is 50.7 Å². The molecule has 2 aliphatic carbocycles. The standard InChI is InChI=1S/C26H44F2O2/c1-2-3-4-17-29-24-14-12-23(13-15-24)25-16-11-22(19-30-25)10-7-20-5-8-21(9-6-20)18-26(27)28/h18,20-25H,2-17,19H2,1H3. The summed E-state index contributed by atoms with van der Waals surface area (Å²) in [6.07, 6.45) is 18.5. The summed E-state index contributed by atoms with van der Waals surface area (Å²) >= 11 is 0. The zero-order valence-electron chi connectivity index (χ0n) is 19.1. The molecule has 174 valence electrons. The lowest BCUT2D eigenvalue weighted by Crippen LogP contribution is -2.35. The van der Waals surface area contributed by atoms with E-state index in [1.165, 1.54) is 76.7 Å². The maximum Gasteiger partial charge on any atom is 0.266 e. The van der Waals surface area contributed by atoms with Gasteiger partial charge >= 0.3 is 0 Å². The molecular formula is C26H44F2O2. The van der Waals surface area contributed by atoms with Crippen molar-refractivity contribution in [1.82, 2.24) is 0 Å². The van der Waals surface area contributed by atoms with Crippen molar-refractivity contribution in [3.05, 3.63) is 12.2 Å². The van der Waals surface area contributed by atoms with Gasteiger partial charge in [-0.2, -0.15) is 8.78 Å². The maximum atomic E-state index is 12.4. The van der Waals surface area contributed by atoms with Crippen molar-refractivity contribution in [3.63, 3.8) is 0 Å². The SMILES string of the molecule is CCCCCOC1CCC(C2CCC(CCC3CCC(C=C(F)F)CC3)CO2)CC1. The van der Waals surface area contributed by atoms with Crippen LogP contribution in [0.3, 0.4) is 0 Å². The summed E-state index contributed by atoms with van der Waals surface area (Å²) in [4.78, 5) is 0. The summed E-state index contributed by atoms with van der Waals surface area (Å²) in [7, 11) is 0. The molecule has 1 saturated heterocycles. The Bertz CT molecular complexity index is 481. The highest BCUT2D eigenvalue weighted by Crippen LogP contribution is 2.38. The van der Waals surface area contributed by atoms with Gasteiger partial charge in [0.2, 0.25) is 0 Å². The van der Waals surface area contributed by atoms with E-state index >= 15 is 0 Å². The Morgan fingerprint density at radius 3 is 2.20 bits per heavy atom. The molecule has 1 aliphatic heterocycles. The zero-order chi connectivity index (χ0) is 21.2. The summed E-state index contributed by atoms with van der Waals surface area (Å²) in [5.74, 6) is 2.30. The van der Waals surface area contributed by atoms with Gasteiger partial charge < -0.3 is 9.47 Å². The fraction of sp³-hybridized carbons (Fsp3) is 0.923. The molecule has 3 aliphatic rings. The number of halogens is 2. The van der Waals surface area contributed by atoms with Gasteiger partial charge in [-0.15, -0.1) is 0 Å². The van der Waals surface area contributed by atoms with Crippen LogP contribution in [-0.4, -0.2) is 25.4 Å². The highest BCUT2D eigenvalue weighted by Gasteiger charge is 2.32. The normalized spacial score (nSPS) is 35.2. The van der Waals surface area contributed by atoms with Gasteiger partial charge in [0.1, 0.15) is 0 Å². The Hall–Kier alpha value is -0.480. The number of allylic oxidation sites excluding steroid dienone is 1. The molecule has 0 spiro atoms. The van der Waals surface area contributed by atoms with Crippen LogP contribution in [0.5, 0.6) is 0 Å². The molecule has 0 aromatic carbocycles. The summed E-state index contributed by atoms with van der Waals surface area (Å²) in [5, 5.41) is 0. The minimum Gasteiger partial charge on any atom is -0.378 e. The van der Waals surface area contributed by atoms with E-state index < -0.39 is 6.08 Å². The molecule has 0 amide bonds. The highest BCUT2D eigenvalue weighted by atomic mass is 19.3. The van der Waals surface area contributed by atoms with E-state index in [-0.39, 0.29) is 5.92 Å². The molecule has 0 aromatic rings. The number of unbranched alkanes of at least 4 members (excludes halogenated alkanes) is 2. The molecule has 2 unspecified atom stereocenters. The van der Waals surface area contributed by atoms with Gasteiger partial charge in [0.05, 0.1) is 12.2 Å². The number of hydrogen-bond donors (Lipinski definition) is 0. The van der Waals surface area contributed by atoms with Crippen LogP contribution in [0.2, 0.25) is 0 Å². The minimum absolute atomic E-state index is 0.113. The molecule has 1 heterocycles. The minimum atomic E-state index is -1.50. The van der Waals surface area contributed by atoms with Gasteiger partial charge in [0.25, 0.3) is 6.08 Å². The third kappa shape index (κ3) is 8.22. The average molecular weight is 427 g/mol. The van der Waals surface area contributed by atoms with Crippen LogP contribution in [0.1, 0.15) is 103 Å². The lowest BCUT2D eigenvalue weighted by molar-refractivity contribution is -0.0717. The van der Waals surface area contributed by atoms with Gasteiger partial charge in [-0.25, -0.2) is 0 Å². The van der Waals surface area contributed by atoms with E-state index in [1.54, 1.807) is 0 Å². The lowest BCUT2D eigenvalue weighted by Gasteiger charge is -2.38. The van der Waals surface area contributed by atoms with Crippen molar-refractivity contribution in [1.29, 1.82) is 0 Å². The average Bonchev–Trinajstić information content (AvgIpc) is 2.77. The molecule has 0 aromatic heterocycles. The molecule has 3 fully saturated rings. The predicted molar refractivity (Wildman–Crippen MR) is 119 cm³/mol. The number of ether oxygens (including phenoxy) is 2. The Balaban J connectivity index is 1.25. The predicted octanol–water partition coefficient (Wildman–Crippen LogP) is 7.91. The first-order valence-corrected chi connectivity index (χ1v) is 12.9. The smallest absolute Gasteiger partial charge is 0.266 e. The monoisotopic (exact) mass is 426 g/mol. The molecular weight excluding hydrogens is 382 g/mol. The topological polar surface area (TPSA) is 18.5 Å². The second-order valence-corrected chi connectivity index (χ2v) is 10.2. The van der Waals surface area contributed by atoms with Gasteiger partial charge in [-0.1, -0.05) is 26.2 Å². The first-order valence-electron chi connectivity index (χ1n) is 12.9. The van der Waals surface area contributed by atoms with Crippen LogP contribution < -0.4 is 0 Å². The van der Waals surface area contributed by atoms with Crippen LogP contribution in [0.4, 0.5) is 8.78 Å². The van der Waals surface area contributed by atoms with Crippen LogP contribution in [0.15, 0.2) is 12.2 Å². The second kappa shape index (κ2) is 13.2. The summed E-state index contributed by atoms with van der Waals surface area (Å²) in [6, 6.07) is 0. The fourth-order valence-corrected chi connectivity index (χ4v) is 5.95. The Labute approximate surface area is 183 Å². The van der Waals surface area contributed by atoms with E-state index in [9.17, 15) is 8.78 Å². The van der Waals surface area contributed by atoms with Crippen molar-refractivity contribution >= 4 is 0 Å². The van der Waals surface area contributed by atoms with Crippen molar-refractivity contribution in [2.24, 2.45) is 23.7 Å². The lowest BCUT2D eigenvalue weighted by atomic mass is 9.77. The van der Waals surface area contributed by atoms with Crippen LogP contribution in [0.25, 0.3) is 0 Å². The first kappa shape index (κ1) is 24.2. The van der Waals surface area contributed by atoms with Gasteiger partial charge in [0.15, 0.2) is 0 Å². The third-order valence-electron chi connectivity index (χ3n) is 7.99. The van der Waals surface area contributed by atoms with E-state index in [0.29, 0.717) is 18.1 Å². The molecule has 2 nitrogen and oxygen atoms in total. The molecule has 0 radical (unpaired) electrons. The Morgan fingerprint density at radius 1 is 0.867 bits per heavy atom. The van der Waals surface area contributed by atoms with Gasteiger partial charge in [-0.3, -0.25) is 0 Å². The Kier molecular flexibility index (Phi) is 10.6. The fourth-order valence-electron chi connectivity index (χ4n) is 5.95. The summed E-state index contributed by atoms with van der Waals surface area (Å²) in [6.45, 7) is 4.11. The van der Waals surface area contributed by atoms with Crippen LogP contribution in [-0.2, 0) is 9.47 Å². The van der Waals surface area contributed by atoms with Crippen molar-refractivity contribution in [2.75, 3.05) is 13.2 Å². The zero-order valence-corrected chi connectivity index (χ0v) is 19.1. The van der Waals surface area contributed by atoms with Crippen LogP contribution >= 0.6 is 0 Å². The highest BCUT2D eigenvalue weighted by molar-refractivity contribution is 4.91. The Morgan fingerprint density at radius 2 is 1.57 bits per heavy atom. The molecule has 2 atom stereocenters. The van der Waals surface area contributed by atoms with Crippen molar-refractivity contribution in [3.8, 4) is 0 Å². The largest absolute Gasteiger partial charge is 0.378 e. The molecule has 0 N–H and O–H groups in total. The quantitative estimate of drug-likeness (QED) is 0.330. The van der Waals surface area contributed by atoms with Gasteiger partial charge in [-0.05, 0) is 107 Å². The van der Waals surface area contributed by atoms with Crippen molar-refractivity contribution in [2.45, 2.75) is 115 Å². The first-order chi connectivity index (χ1) is 14.6. The third-order valence-corrected chi connectivity index (χ3v) is 7.99. The van der Waals surface area contributed by atoms with E-state index in [4.69, 9.17) is 9.47 Å². The van der Waals surface area contributed by atoms with Crippen LogP contribution in [0, 0.1) is 23.7 Å². The van der Waals surface area contributed by atoms with Gasteiger partial charge in [0, 0.05) is 13.2 Å². The van der Waals surface area contributed by atoms with E-state index in [2.05, 4.69) is 6.92 Å². The molecule has 3 rings (SSSR count).